The first kappa shape index (κ1) is 18.6. The van der Waals surface area contributed by atoms with Gasteiger partial charge in [-0.25, -0.2) is 0 Å². The predicted octanol–water partition coefficient (Wildman–Crippen LogP) is 1.63. The average molecular weight is 371 g/mol. The molecule has 1 aliphatic rings. The summed E-state index contributed by atoms with van der Waals surface area (Å²) in [5.74, 6) is 0.519. The zero-order valence-electron chi connectivity index (χ0n) is 13.4. The fourth-order valence-electron chi connectivity index (χ4n) is 2.85. The van der Waals surface area contributed by atoms with Crippen LogP contribution in [0.2, 0.25) is 5.02 Å². The molecule has 2 heterocycles. The number of hydrogen-bond donors (Lipinski definition) is 1. The highest BCUT2D eigenvalue weighted by atomic mass is 35.5. The number of carbonyl (C=O) groups is 1. The maximum absolute atomic E-state index is 12.4. The summed E-state index contributed by atoms with van der Waals surface area (Å²) in [7, 11) is 1.90. The summed E-state index contributed by atoms with van der Waals surface area (Å²) in [6, 6.07) is 7.46. The van der Waals surface area contributed by atoms with E-state index in [1.54, 1.807) is 12.1 Å². The van der Waals surface area contributed by atoms with Gasteiger partial charge >= 0.3 is 0 Å². The first-order valence-corrected chi connectivity index (χ1v) is 8.03. The normalized spacial score (nSPS) is 16.9. The first-order chi connectivity index (χ1) is 11.2. The molecule has 0 saturated carbocycles. The highest BCUT2D eigenvalue weighted by Crippen LogP contribution is 2.18. The number of nitrogens with one attached hydrogen (secondary N) is 1. The molecule has 7 nitrogen and oxygen atoms in total. The van der Waals surface area contributed by atoms with Gasteiger partial charge in [-0.1, -0.05) is 11.6 Å². The third kappa shape index (κ3) is 4.23. The number of likely N-dealkylation sites (tertiary alicyclic amines) is 1. The second-order valence-corrected chi connectivity index (χ2v) is 6.03. The monoisotopic (exact) mass is 370 g/mol. The van der Waals surface area contributed by atoms with Gasteiger partial charge in [-0.3, -0.25) is 4.79 Å². The van der Waals surface area contributed by atoms with Gasteiger partial charge in [0.15, 0.2) is 0 Å². The van der Waals surface area contributed by atoms with Crippen molar-refractivity contribution in [3.63, 3.8) is 0 Å². The minimum atomic E-state index is 0. The molecule has 1 aromatic heterocycles. The van der Waals surface area contributed by atoms with Crippen molar-refractivity contribution in [3.05, 3.63) is 29.3 Å². The van der Waals surface area contributed by atoms with E-state index in [1.165, 1.54) is 4.80 Å². The van der Waals surface area contributed by atoms with Gasteiger partial charge in [0.05, 0.1) is 0 Å². The molecule has 0 radical (unpaired) electrons. The predicted molar refractivity (Wildman–Crippen MR) is 94.2 cm³/mol. The summed E-state index contributed by atoms with van der Waals surface area (Å²) in [5, 5.41) is 16.1. The standard InChI is InChI=1S/C15H19ClN6O.ClH/c1-17-9-13-3-2-8-21(13)14(23)10-22-19-15(18-20-22)11-4-6-12(16)7-5-11;/h4-7,13,17H,2-3,8-10H2,1H3;1H. The van der Waals surface area contributed by atoms with Gasteiger partial charge in [-0.15, -0.1) is 22.6 Å². The fourth-order valence-corrected chi connectivity index (χ4v) is 2.97. The van der Waals surface area contributed by atoms with Gasteiger partial charge in [0.25, 0.3) is 0 Å². The van der Waals surface area contributed by atoms with Crippen molar-refractivity contribution in [1.29, 1.82) is 0 Å². The Morgan fingerprint density at radius 1 is 1.38 bits per heavy atom. The quantitative estimate of drug-likeness (QED) is 0.865. The number of rotatable bonds is 5. The largest absolute Gasteiger partial charge is 0.337 e. The molecule has 1 fully saturated rings. The molecule has 1 N–H and O–H groups in total. The van der Waals surface area contributed by atoms with Crippen LogP contribution < -0.4 is 5.32 Å². The van der Waals surface area contributed by atoms with E-state index in [0.29, 0.717) is 10.8 Å². The van der Waals surface area contributed by atoms with Crippen LogP contribution in [0.3, 0.4) is 0 Å². The van der Waals surface area contributed by atoms with Gasteiger partial charge in [-0.05, 0) is 49.4 Å². The molecule has 3 rings (SSSR count). The lowest BCUT2D eigenvalue weighted by molar-refractivity contribution is -0.133. The van der Waals surface area contributed by atoms with Crippen molar-refractivity contribution in [1.82, 2.24) is 30.4 Å². The number of halogens is 2. The van der Waals surface area contributed by atoms with Gasteiger partial charge in [0.1, 0.15) is 6.54 Å². The maximum atomic E-state index is 12.4. The molecular weight excluding hydrogens is 351 g/mol. The second kappa shape index (κ2) is 8.41. The van der Waals surface area contributed by atoms with E-state index in [0.717, 1.165) is 31.5 Å². The lowest BCUT2D eigenvalue weighted by Gasteiger charge is -2.24. The van der Waals surface area contributed by atoms with E-state index in [1.807, 2.05) is 24.1 Å². The van der Waals surface area contributed by atoms with Gasteiger partial charge in [0, 0.05) is 29.7 Å². The van der Waals surface area contributed by atoms with E-state index < -0.39 is 0 Å². The molecule has 1 unspecified atom stereocenters. The number of carbonyl (C=O) groups excluding carboxylic acids is 1. The number of tetrazole rings is 1. The van der Waals surface area contributed by atoms with E-state index in [4.69, 9.17) is 11.6 Å². The molecule has 1 amide bonds. The molecule has 2 aromatic rings. The van der Waals surface area contributed by atoms with Crippen molar-refractivity contribution < 1.29 is 4.79 Å². The van der Waals surface area contributed by atoms with Crippen LogP contribution in [0.5, 0.6) is 0 Å². The highest BCUT2D eigenvalue weighted by Gasteiger charge is 2.28. The van der Waals surface area contributed by atoms with E-state index >= 15 is 0 Å². The van der Waals surface area contributed by atoms with Crippen LogP contribution in [-0.4, -0.2) is 57.2 Å². The number of hydrogen-bond acceptors (Lipinski definition) is 5. The van der Waals surface area contributed by atoms with Crippen LogP contribution in [0.4, 0.5) is 0 Å². The molecule has 0 spiro atoms. The third-order valence-corrected chi connectivity index (χ3v) is 4.22. The van der Waals surface area contributed by atoms with Crippen LogP contribution in [-0.2, 0) is 11.3 Å². The molecular formula is C15H20Cl2N6O. The highest BCUT2D eigenvalue weighted by molar-refractivity contribution is 6.30. The Morgan fingerprint density at radius 2 is 2.12 bits per heavy atom. The van der Waals surface area contributed by atoms with Crippen LogP contribution in [0.1, 0.15) is 12.8 Å². The van der Waals surface area contributed by atoms with Crippen molar-refractivity contribution in [3.8, 4) is 11.4 Å². The molecule has 1 atom stereocenters. The zero-order chi connectivity index (χ0) is 16.2. The molecule has 130 valence electrons. The Labute approximate surface area is 151 Å². The number of likely N-dealkylation sites (N-methyl/N-ethyl adjacent to an activating group) is 1. The van der Waals surface area contributed by atoms with Gasteiger partial charge in [-0.2, -0.15) is 4.80 Å². The number of nitrogens with zero attached hydrogens (tertiary/aromatic N) is 5. The fraction of sp³-hybridized carbons (Fsp3) is 0.467. The van der Waals surface area contributed by atoms with Crippen molar-refractivity contribution in [2.24, 2.45) is 0 Å². The zero-order valence-corrected chi connectivity index (χ0v) is 14.9. The Kier molecular flexibility index (Phi) is 6.53. The van der Waals surface area contributed by atoms with Crippen molar-refractivity contribution in [2.45, 2.75) is 25.4 Å². The van der Waals surface area contributed by atoms with Crippen molar-refractivity contribution in [2.75, 3.05) is 20.1 Å². The SMILES string of the molecule is CNCC1CCCN1C(=O)Cn1nnc(-c2ccc(Cl)cc2)n1.Cl. The molecule has 1 aliphatic heterocycles. The minimum absolute atomic E-state index is 0. The van der Waals surface area contributed by atoms with Crippen LogP contribution in [0.15, 0.2) is 24.3 Å². The van der Waals surface area contributed by atoms with E-state index in [2.05, 4.69) is 20.7 Å². The molecule has 0 aliphatic carbocycles. The smallest absolute Gasteiger partial charge is 0.246 e. The first-order valence-electron chi connectivity index (χ1n) is 7.65. The third-order valence-electron chi connectivity index (χ3n) is 3.97. The summed E-state index contributed by atoms with van der Waals surface area (Å²) in [4.78, 5) is 15.7. The molecule has 1 saturated heterocycles. The lowest BCUT2D eigenvalue weighted by Crippen LogP contribution is -2.42. The van der Waals surface area contributed by atoms with E-state index in [9.17, 15) is 4.79 Å². The minimum Gasteiger partial charge on any atom is -0.337 e. The number of aromatic nitrogens is 4. The summed E-state index contributed by atoms with van der Waals surface area (Å²) in [6.07, 6.45) is 2.08. The Bertz CT molecular complexity index is 675. The topological polar surface area (TPSA) is 75.9 Å². The average Bonchev–Trinajstić information content (AvgIpc) is 3.18. The maximum Gasteiger partial charge on any atom is 0.246 e. The molecule has 9 heteroatoms. The molecule has 1 aromatic carbocycles. The number of amides is 1. The van der Waals surface area contributed by atoms with Crippen molar-refractivity contribution >= 4 is 29.9 Å². The Hall–Kier alpha value is -1.70. The Morgan fingerprint density at radius 3 is 2.83 bits per heavy atom. The number of benzene rings is 1. The Balaban J connectivity index is 0.00000208. The van der Waals surface area contributed by atoms with Crippen LogP contribution in [0.25, 0.3) is 11.4 Å². The lowest BCUT2D eigenvalue weighted by atomic mass is 10.2. The van der Waals surface area contributed by atoms with E-state index in [-0.39, 0.29) is 30.9 Å². The molecule has 0 bridgehead atoms. The second-order valence-electron chi connectivity index (χ2n) is 5.59. The summed E-state index contributed by atoms with van der Waals surface area (Å²) in [5.41, 5.74) is 0.822. The van der Waals surface area contributed by atoms with Gasteiger partial charge in [0.2, 0.25) is 11.7 Å². The molecule has 24 heavy (non-hydrogen) atoms. The summed E-state index contributed by atoms with van der Waals surface area (Å²) in [6.45, 7) is 1.72. The van der Waals surface area contributed by atoms with Crippen LogP contribution in [0, 0.1) is 0 Å². The summed E-state index contributed by atoms with van der Waals surface area (Å²) >= 11 is 5.87. The van der Waals surface area contributed by atoms with Gasteiger partial charge < -0.3 is 10.2 Å². The summed E-state index contributed by atoms with van der Waals surface area (Å²) < 4.78 is 0. The van der Waals surface area contributed by atoms with Crippen LogP contribution >= 0.6 is 24.0 Å².